The quantitative estimate of drug-likeness (QED) is 0.102. The smallest absolute Gasteiger partial charge is 0.407 e. The summed E-state index contributed by atoms with van der Waals surface area (Å²) in [7, 11) is 2.55. The van der Waals surface area contributed by atoms with Crippen LogP contribution in [0.3, 0.4) is 0 Å². The first kappa shape index (κ1) is 40.4. The summed E-state index contributed by atoms with van der Waals surface area (Å²) in [6.07, 6.45) is 5.91. The van der Waals surface area contributed by atoms with Crippen molar-refractivity contribution in [3.63, 3.8) is 0 Å². The first-order chi connectivity index (χ1) is 29.3. The third-order valence-electron chi connectivity index (χ3n) is 11.0. The van der Waals surface area contributed by atoms with E-state index < -0.39 is 24.3 Å². The first-order valence-electron chi connectivity index (χ1n) is 19.6. The Kier molecular flexibility index (Phi) is 12.3. The van der Waals surface area contributed by atoms with Crippen molar-refractivity contribution in [1.29, 1.82) is 0 Å². The van der Waals surface area contributed by atoms with Crippen LogP contribution < -0.4 is 10.6 Å². The lowest BCUT2D eigenvalue weighted by Crippen LogP contribution is -2.49. The van der Waals surface area contributed by atoms with E-state index in [9.17, 15) is 19.2 Å². The van der Waals surface area contributed by atoms with Crippen LogP contribution in [0.15, 0.2) is 82.7 Å². The van der Waals surface area contributed by atoms with E-state index >= 15 is 0 Å². The molecule has 0 saturated carbocycles. The molecule has 0 bridgehead atoms. The van der Waals surface area contributed by atoms with E-state index in [1.165, 1.54) is 36.9 Å². The van der Waals surface area contributed by atoms with Crippen molar-refractivity contribution in [1.82, 2.24) is 50.3 Å². The summed E-state index contributed by atoms with van der Waals surface area (Å²) in [6.45, 7) is 1.11. The van der Waals surface area contributed by atoms with Crippen LogP contribution in [0.25, 0.3) is 33.6 Å². The number of nitrogens with zero attached hydrogens (tertiary/aromatic N) is 6. The number of hydrogen-bond acceptors (Lipinski definition) is 12. The lowest BCUT2D eigenvalue weighted by molar-refractivity contribution is -0.135. The molecule has 0 radical (unpaired) electrons. The first-order valence-corrected chi connectivity index (χ1v) is 21.5. The number of thiazole rings is 2. The second kappa shape index (κ2) is 18.3. The number of rotatable bonds is 13. The van der Waals surface area contributed by atoms with Crippen LogP contribution in [-0.2, 0) is 31.9 Å². The van der Waals surface area contributed by atoms with Crippen molar-refractivity contribution in [2.75, 3.05) is 27.3 Å². The minimum absolute atomic E-state index is 0.201. The Morgan fingerprint density at radius 1 is 0.650 bits per heavy atom. The van der Waals surface area contributed by atoms with Gasteiger partial charge in [-0.25, -0.2) is 29.5 Å². The van der Waals surface area contributed by atoms with Gasteiger partial charge in [0.15, 0.2) is 0 Å². The molecule has 18 heteroatoms. The third kappa shape index (κ3) is 8.93. The van der Waals surface area contributed by atoms with Crippen molar-refractivity contribution in [3.05, 3.63) is 106 Å². The van der Waals surface area contributed by atoms with E-state index in [0.717, 1.165) is 70.7 Å². The second-order valence-electron chi connectivity index (χ2n) is 14.6. The molecule has 310 valence electrons. The maximum Gasteiger partial charge on any atom is 0.407 e. The molecule has 4 N–H and O–H groups in total. The summed E-state index contributed by atoms with van der Waals surface area (Å²) >= 11 is 2.87. The molecule has 2 fully saturated rings. The molecule has 0 spiro atoms. The lowest BCUT2D eigenvalue weighted by Gasteiger charge is -2.28. The van der Waals surface area contributed by atoms with E-state index in [4.69, 9.17) is 19.4 Å². The highest BCUT2D eigenvalue weighted by molar-refractivity contribution is 7.07. The number of H-pyrrole nitrogens is 2. The molecular weight excluding hydrogens is 805 g/mol. The van der Waals surface area contributed by atoms with Gasteiger partial charge in [0.1, 0.15) is 23.7 Å². The Balaban J connectivity index is 0.912. The van der Waals surface area contributed by atoms with Gasteiger partial charge in [-0.1, -0.05) is 48.5 Å². The largest absolute Gasteiger partial charge is 0.453 e. The zero-order valence-corrected chi connectivity index (χ0v) is 34.6. The average Bonchev–Trinajstić information content (AvgIpc) is 4.12. The SMILES string of the molecule is COC(=O)N[C@@H](Cc1cscn1)C(=O)N1CCC[C@H]1c1ncc(-c2ccc(-c3ccc(-c4cnc([C@@H]5CCCN5C(=O)[C@H](Cc5cscn5)NC(=O)OC)[nH]4)cc3)cc2)[nH]1. The summed E-state index contributed by atoms with van der Waals surface area (Å²) in [5.74, 6) is 0.990. The molecule has 0 aliphatic carbocycles. The maximum atomic E-state index is 13.8. The number of alkyl carbamates (subject to hydrolysis) is 2. The highest BCUT2D eigenvalue weighted by atomic mass is 32.1. The highest BCUT2D eigenvalue weighted by Gasteiger charge is 2.38. The topological polar surface area (TPSA) is 200 Å². The molecule has 2 saturated heterocycles. The molecule has 4 amide bonds. The van der Waals surface area contributed by atoms with Crippen LogP contribution in [0, 0.1) is 0 Å². The number of ether oxygens (including phenoxy) is 2. The highest BCUT2D eigenvalue weighted by Crippen LogP contribution is 2.35. The van der Waals surface area contributed by atoms with Crippen LogP contribution in [0.4, 0.5) is 9.59 Å². The second-order valence-corrected chi connectivity index (χ2v) is 16.1. The van der Waals surface area contributed by atoms with Gasteiger partial charge in [-0.3, -0.25) is 9.59 Å². The number of likely N-dealkylation sites (tertiary alicyclic amines) is 2. The van der Waals surface area contributed by atoms with Gasteiger partial charge in [-0.2, -0.15) is 0 Å². The molecular formula is C42H44N10O6S2. The third-order valence-corrected chi connectivity index (χ3v) is 12.2. The monoisotopic (exact) mass is 848 g/mol. The Hall–Kier alpha value is -6.40. The standard InChI is InChI=1S/C42H44N10O6S2/c1-57-41(55)49-31(17-29-21-59-23-45-29)39(53)51-15-3-5-35(51)37-43-19-33(47-37)27-11-7-25(8-12-27)26-9-13-28(14-10-26)34-20-44-38(48-34)36-6-4-16-52(36)40(54)32(50-42(56)58-2)18-30-22-60-24-46-30/h7-14,19-24,31-32,35-36H,3-6,15-18H2,1-2H3,(H,43,47)(H,44,48)(H,49,55)(H,50,56)/t31-,32-,35-,36-/m0/s1. The fourth-order valence-electron chi connectivity index (χ4n) is 7.92. The molecule has 8 rings (SSSR count). The fraction of sp³-hybridized carbons (Fsp3) is 0.333. The molecule has 16 nitrogen and oxygen atoms in total. The lowest BCUT2D eigenvalue weighted by atomic mass is 10.0. The minimum atomic E-state index is -0.814. The Morgan fingerprint density at radius 3 is 1.42 bits per heavy atom. The molecule has 4 aromatic heterocycles. The molecule has 6 heterocycles. The molecule has 60 heavy (non-hydrogen) atoms. The molecule has 2 aromatic carbocycles. The predicted octanol–water partition coefficient (Wildman–Crippen LogP) is 6.31. The van der Waals surface area contributed by atoms with E-state index in [1.54, 1.807) is 33.2 Å². The van der Waals surface area contributed by atoms with Gasteiger partial charge in [0.25, 0.3) is 0 Å². The molecule has 0 unspecified atom stereocenters. The number of methoxy groups -OCH3 is 2. The molecule has 2 aliphatic rings. The van der Waals surface area contributed by atoms with Crippen LogP contribution in [-0.4, -0.2) is 103 Å². The van der Waals surface area contributed by atoms with Crippen LogP contribution in [0.1, 0.15) is 60.8 Å². The fourth-order valence-corrected chi connectivity index (χ4v) is 9.06. The number of amides is 4. The Bertz CT molecular complexity index is 2230. The normalized spacial score (nSPS) is 17.3. The van der Waals surface area contributed by atoms with E-state index in [-0.39, 0.29) is 36.7 Å². The minimum Gasteiger partial charge on any atom is -0.453 e. The molecule has 6 aromatic rings. The summed E-state index contributed by atoms with van der Waals surface area (Å²) in [5.41, 5.74) is 10.5. The Morgan fingerprint density at radius 2 is 1.05 bits per heavy atom. The zero-order chi connectivity index (χ0) is 41.6. The number of carbonyl (C=O) groups excluding carboxylic acids is 4. The van der Waals surface area contributed by atoms with E-state index in [2.05, 4.69) is 54.8 Å². The summed E-state index contributed by atoms with van der Waals surface area (Å²) in [5, 5.41) is 9.12. The Labute approximate surface area is 353 Å². The van der Waals surface area contributed by atoms with Gasteiger partial charge in [0.2, 0.25) is 11.8 Å². The number of carbonyl (C=O) groups is 4. The zero-order valence-electron chi connectivity index (χ0n) is 33.0. The van der Waals surface area contributed by atoms with Gasteiger partial charge < -0.3 is 39.9 Å². The van der Waals surface area contributed by atoms with Gasteiger partial charge in [0, 0.05) is 36.7 Å². The maximum absolute atomic E-state index is 13.8. The number of hydrogen-bond donors (Lipinski definition) is 4. The molecule has 4 atom stereocenters. The summed E-state index contributed by atoms with van der Waals surface area (Å²) in [4.78, 5) is 80.4. The molecule has 2 aliphatic heterocycles. The van der Waals surface area contributed by atoms with Crippen molar-refractivity contribution in [2.24, 2.45) is 0 Å². The summed E-state index contributed by atoms with van der Waals surface area (Å²) < 4.78 is 9.61. The number of nitrogens with one attached hydrogen (secondary N) is 4. The van der Waals surface area contributed by atoms with Gasteiger partial charge >= 0.3 is 12.2 Å². The van der Waals surface area contributed by atoms with Crippen molar-refractivity contribution < 1.29 is 28.7 Å². The number of imidazole rings is 2. The van der Waals surface area contributed by atoms with Crippen LogP contribution in [0.2, 0.25) is 0 Å². The van der Waals surface area contributed by atoms with E-state index in [1.807, 2.05) is 35.0 Å². The van der Waals surface area contributed by atoms with Crippen molar-refractivity contribution in [3.8, 4) is 33.6 Å². The van der Waals surface area contributed by atoms with Gasteiger partial charge in [0.05, 0.1) is 72.5 Å². The number of benzene rings is 2. The van der Waals surface area contributed by atoms with Crippen LogP contribution in [0.5, 0.6) is 0 Å². The predicted molar refractivity (Wildman–Crippen MR) is 225 cm³/mol. The van der Waals surface area contributed by atoms with Gasteiger partial charge in [-0.15, -0.1) is 22.7 Å². The van der Waals surface area contributed by atoms with Gasteiger partial charge in [-0.05, 0) is 47.9 Å². The summed E-state index contributed by atoms with van der Waals surface area (Å²) in [6, 6.07) is 14.3. The van der Waals surface area contributed by atoms with Crippen molar-refractivity contribution in [2.45, 2.75) is 62.7 Å². The average molecular weight is 849 g/mol. The van der Waals surface area contributed by atoms with Crippen LogP contribution >= 0.6 is 22.7 Å². The van der Waals surface area contributed by atoms with Crippen molar-refractivity contribution >= 4 is 46.7 Å². The van der Waals surface area contributed by atoms with E-state index in [0.29, 0.717) is 24.7 Å². The number of aromatic amines is 2. The number of aromatic nitrogens is 6.